The summed E-state index contributed by atoms with van der Waals surface area (Å²) in [5.41, 5.74) is 2.37. The second-order valence-electron chi connectivity index (χ2n) is 6.12. The van der Waals surface area contributed by atoms with E-state index in [-0.39, 0.29) is 5.91 Å². The zero-order valence-corrected chi connectivity index (χ0v) is 15.4. The van der Waals surface area contributed by atoms with E-state index in [1.165, 1.54) is 5.69 Å². The Morgan fingerprint density at radius 2 is 1.76 bits per heavy atom. The lowest BCUT2D eigenvalue weighted by Gasteiger charge is -2.29. The SMILES string of the molecule is CN(Cc1ccc(N2CCOCC2)cc1)C(=O)CSc1ccccc1. The van der Waals surface area contributed by atoms with E-state index in [1.54, 1.807) is 16.7 Å². The number of hydrogen-bond donors (Lipinski definition) is 0. The van der Waals surface area contributed by atoms with Crippen molar-refractivity contribution in [2.75, 3.05) is 44.0 Å². The van der Waals surface area contributed by atoms with Crippen LogP contribution < -0.4 is 4.90 Å². The molecule has 0 atom stereocenters. The van der Waals surface area contributed by atoms with E-state index >= 15 is 0 Å². The average molecular weight is 356 g/mol. The van der Waals surface area contributed by atoms with Gasteiger partial charge in [-0.15, -0.1) is 11.8 Å². The quantitative estimate of drug-likeness (QED) is 0.744. The third-order valence-corrected chi connectivity index (χ3v) is 5.26. The zero-order valence-electron chi connectivity index (χ0n) is 14.6. The molecule has 1 saturated heterocycles. The van der Waals surface area contributed by atoms with Crippen molar-refractivity contribution in [3.8, 4) is 0 Å². The number of benzene rings is 2. The minimum Gasteiger partial charge on any atom is -0.378 e. The van der Waals surface area contributed by atoms with Gasteiger partial charge in [0, 0.05) is 37.3 Å². The van der Waals surface area contributed by atoms with Crippen LogP contribution in [0.2, 0.25) is 0 Å². The van der Waals surface area contributed by atoms with Crippen LogP contribution in [-0.2, 0) is 16.1 Å². The van der Waals surface area contributed by atoms with E-state index in [0.29, 0.717) is 12.3 Å². The second-order valence-corrected chi connectivity index (χ2v) is 7.17. The van der Waals surface area contributed by atoms with Crippen molar-refractivity contribution < 1.29 is 9.53 Å². The minimum absolute atomic E-state index is 0.145. The van der Waals surface area contributed by atoms with E-state index in [4.69, 9.17) is 4.74 Å². The van der Waals surface area contributed by atoms with Crippen LogP contribution in [0.5, 0.6) is 0 Å². The summed E-state index contributed by atoms with van der Waals surface area (Å²) in [4.78, 5) is 17.6. The van der Waals surface area contributed by atoms with Gasteiger partial charge in [0.05, 0.1) is 19.0 Å². The van der Waals surface area contributed by atoms with Crippen molar-refractivity contribution in [3.63, 3.8) is 0 Å². The zero-order chi connectivity index (χ0) is 17.5. The van der Waals surface area contributed by atoms with Crippen LogP contribution >= 0.6 is 11.8 Å². The number of amides is 1. The molecule has 1 amide bonds. The highest BCUT2D eigenvalue weighted by molar-refractivity contribution is 8.00. The summed E-state index contributed by atoms with van der Waals surface area (Å²) in [5, 5.41) is 0. The summed E-state index contributed by atoms with van der Waals surface area (Å²) in [6, 6.07) is 18.5. The van der Waals surface area contributed by atoms with Crippen molar-refractivity contribution in [1.29, 1.82) is 0 Å². The Bertz CT molecular complexity index is 670. The monoisotopic (exact) mass is 356 g/mol. The normalized spacial score (nSPS) is 14.4. The third kappa shape index (κ3) is 5.25. The number of anilines is 1. The maximum atomic E-state index is 12.3. The Labute approximate surface area is 153 Å². The van der Waals surface area contributed by atoms with Crippen LogP contribution in [0, 0.1) is 0 Å². The van der Waals surface area contributed by atoms with Crippen LogP contribution in [0.4, 0.5) is 5.69 Å². The molecular formula is C20H24N2O2S. The molecule has 25 heavy (non-hydrogen) atoms. The van der Waals surface area contributed by atoms with Gasteiger partial charge in [-0.2, -0.15) is 0 Å². The van der Waals surface area contributed by atoms with Gasteiger partial charge >= 0.3 is 0 Å². The highest BCUT2D eigenvalue weighted by atomic mass is 32.2. The number of hydrogen-bond acceptors (Lipinski definition) is 4. The fourth-order valence-corrected chi connectivity index (χ4v) is 3.63. The van der Waals surface area contributed by atoms with Crippen molar-refractivity contribution in [1.82, 2.24) is 4.90 Å². The fourth-order valence-electron chi connectivity index (χ4n) is 2.77. The average Bonchev–Trinajstić information content (AvgIpc) is 2.68. The second kappa shape index (κ2) is 8.92. The Morgan fingerprint density at radius 1 is 1.08 bits per heavy atom. The lowest BCUT2D eigenvalue weighted by Crippen LogP contribution is -2.36. The Hall–Kier alpha value is -1.98. The van der Waals surface area contributed by atoms with Crippen molar-refractivity contribution >= 4 is 23.4 Å². The fraction of sp³-hybridized carbons (Fsp3) is 0.350. The van der Waals surface area contributed by atoms with Crippen LogP contribution in [-0.4, -0.2) is 49.9 Å². The Morgan fingerprint density at radius 3 is 2.44 bits per heavy atom. The first-order valence-electron chi connectivity index (χ1n) is 8.56. The summed E-state index contributed by atoms with van der Waals surface area (Å²) in [5.74, 6) is 0.609. The number of thioether (sulfide) groups is 1. The lowest BCUT2D eigenvalue weighted by molar-refractivity contribution is -0.127. The molecule has 1 aliphatic rings. The van der Waals surface area contributed by atoms with Gasteiger partial charge < -0.3 is 14.5 Å². The molecule has 132 valence electrons. The van der Waals surface area contributed by atoms with Gasteiger partial charge in [-0.1, -0.05) is 30.3 Å². The van der Waals surface area contributed by atoms with Crippen LogP contribution in [0.1, 0.15) is 5.56 Å². The summed E-state index contributed by atoms with van der Waals surface area (Å²) >= 11 is 1.58. The lowest BCUT2D eigenvalue weighted by atomic mass is 10.2. The molecule has 1 aliphatic heterocycles. The molecule has 0 aromatic heterocycles. The molecule has 0 spiro atoms. The van der Waals surface area contributed by atoms with Crippen molar-refractivity contribution in [2.45, 2.75) is 11.4 Å². The molecule has 0 bridgehead atoms. The topological polar surface area (TPSA) is 32.8 Å². The highest BCUT2D eigenvalue weighted by Gasteiger charge is 2.12. The van der Waals surface area contributed by atoms with Gasteiger partial charge in [0.1, 0.15) is 0 Å². The van der Waals surface area contributed by atoms with Gasteiger partial charge in [0.25, 0.3) is 0 Å². The molecule has 3 rings (SSSR count). The maximum Gasteiger partial charge on any atom is 0.232 e. The van der Waals surface area contributed by atoms with Gasteiger partial charge in [-0.05, 0) is 29.8 Å². The van der Waals surface area contributed by atoms with E-state index in [9.17, 15) is 4.79 Å². The number of ether oxygens (including phenoxy) is 1. The molecule has 0 N–H and O–H groups in total. The predicted molar refractivity (Wildman–Crippen MR) is 103 cm³/mol. The molecule has 0 aliphatic carbocycles. The molecule has 5 heteroatoms. The Balaban J connectivity index is 1.49. The van der Waals surface area contributed by atoms with Gasteiger partial charge in [-0.25, -0.2) is 0 Å². The molecule has 2 aromatic carbocycles. The Kier molecular flexibility index (Phi) is 6.36. The third-order valence-electron chi connectivity index (χ3n) is 4.26. The molecule has 1 heterocycles. The van der Waals surface area contributed by atoms with Gasteiger partial charge in [-0.3, -0.25) is 4.79 Å². The summed E-state index contributed by atoms with van der Waals surface area (Å²) in [6.45, 7) is 4.09. The van der Waals surface area contributed by atoms with Crippen LogP contribution in [0.15, 0.2) is 59.5 Å². The molecule has 0 saturated carbocycles. The van der Waals surface area contributed by atoms with Crippen LogP contribution in [0.25, 0.3) is 0 Å². The first-order valence-corrected chi connectivity index (χ1v) is 9.54. The first-order chi connectivity index (χ1) is 12.2. The molecule has 2 aromatic rings. The number of nitrogens with zero attached hydrogens (tertiary/aromatic N) is 2. The van der Waals surface area contributed by atoms with E-state index < -0.39 is 0 Å². The minimum atomic E-state index is 0.145. The largest absolute Gasteiger partial charge is 0.378 e. The van der Waals surface area contributed by atoms with E-state index in [2.05, 4.69) is 29.2 Å². The molecule has 0 radical (unpaired) electrons. The summed E-state index contributed by atoms with van der Waals surface area (Å²) in [7, 11) is 1.86. The van der Waals surface area contributed by atoms with Crippen molar-refractivity contribution in [2.24, 2.45) is 0 Å². The van der Waals surface area contributed by atoms with Gasteiger partial charge in [0.15, 0.2) is 0 Å². The van der Waals surface area contributed by atoms with Gasteiger partial charge in [0.2, 0.25) is 5.91 Å². The number of carbonyl (C=O) groups excluding carboxylic acids is 1. The van der Waals surface area contributed by atoms with E-state index in [0.717, 1.165) is 36.8 Å². The van der Waals surface area contributed by atoms with E-state index in [1.807, 2.05) is 37.4 Å². The highest BCUT2D eigenvalue weighted by Crippen LogP contribution is 2.19. The summed E-state index contributed by atoms with van der Waals surface area (Å²) in [6.07, 6.45) is 0. The molecular weight excluding hydrogens is 332 g/mol. The predicted octanol–water partition coefficient (Wildman–Crippen LogP) is 3.27. The standard InChI is InChI=1S/C20H24N2O2S/c1-21(20(23)16-25-19-5-3-2-4-6-19)15-17-7-9-18(10-8-17)22-11-13-24-14-12-22/h2-10H,11-16H2,1H3. The number of morpholine rings is 1. The first kappa shape index (κ1) is 17.8. The number of carbonyl (C=O) groups is 1. The molecule has 0 unspecified atom stereocenters. The molecule has 1 fully saturated rings. The maximum absolute atomic E-state index is 12.3. The smallest absolute Gasteiger partial charge is 0.232 e. The van der Waals surface area contributed by atoms with Crippen molar-refractivity contribution in [3.05, 3.63) is 60.2 Å². The summed E-state index contributed by atoms with van der Waals surface area (Å²) < 4.78 is 5.39. The molecule has 4 nitrogen and oxygen atoms in total. The van der Waals surface area contributed by atoms with Crippen LogP contribution in [0.3, 0.4) is 0 Å². The number of rotatable bonds is 6.